The summed E-state index contributed by atoms with van der Waals surface area (Å²) < 4.78 is 1.86. The van der Waals surface area contributed by atoms with Gasteiger partial charge in [-0.15, -0.1) is 0 Å². The van der Waals surface area contributed by atoms with E-state index in [-0.39, 0.29) is 6.04 Å². The number of nitrogens with one attached hydrogen (secondary N) is 1. The summed E-state index contributed by atoms with van der Waals surface area (Å²) in [5.74, 6) is 0.898. The lowest BCUT2D eigenvalue weighted by molar-refractivity contribution is 0.524. The van der Waals surface area contributed by atoms with Crippen LogP contribution >= 0.6 is 23.2 Å². The highest BCUT2D eigenvalue weighted by Gasteiger charge is 2.18. The second kappa shape index (κ2) is 6.32. The molecule has 0 aliphatic carbocycles. The van der Waals surface area contributed by atoms with Crippen molar-refractivity contribution in [3.8, 4) is 0 Å². The second-order valence-corrected chi connectivity index (χ2v) is 4.90. The van der Waals surface area contributed by atoms with E-state index in [9.17, 15) is 0 Å². The maximum absolute atomic E-state index is 6.19. The smallest absolute Gasteiger partial charge is 0.138 e. The van der Waals surface area contributed by atoms with Crippen molar-refractivity contribution in [2.45, 2.75) is 25.9 Å². The molecule has 1 atom stereocenters. The SMILES string of the molecule is CCn1ncnc1CC(NC)c1ncc(Cl)cc1Cl. The van der Waals surface area contributed by atoms with Gasteiger partial charge in [0.15, 0.2) is 0 Å². The highest BCUT2D eigenvalue weighted by Crippen LogP contribution is 2.25. The van der Waals surface area contributed by atoms with Crippen molar-refractivity contribution in [1.82, 2.24) is 25.1 Å². The summed E-state index contributed by atoms with van der Waals surface area (Å²) in [5.41, 5.74) is 0.763. The van der Waals surface area contributed by atoms with Gasteiger partial charge < -0.3 is 5.32 Å². The van der Waals surface area contributed by atoms with Gasteiger partial charge in [-0.3, -0.25) is 9.67 Å². The molecule has 2 heterocycles. The fourth-order valence-electron chi connectivity index (χ4n) is 1.91. The molecule has 2 rings (SSSR count). The van der Waals surface area contributed by atoms with Gasteiger partial charge in [-0.2, -0.15) is 5.10 Å². The number of rotatable bonds is 5. The zero-order valence-corrected chi connectivity index (χ0v) is 12.3. The Morgan fingerprint density at radius 3 is 2.79 bits per heavy atom. The van der Waals surface area contributed by atoms with Crippen LogP contribution in [0.4, 0.5) is 0 Å². The van der Waals surface area contributed by atoms with Crippen molar-refractivity contribution in [3.63, 3.8) is 0 Å². The topological polar surface area (TPSA) is 55.6 Å². The number of aryl methyl sites for hydroxylation is 1. The first kappa shape index (κ1) is 14.2. The van der Waals surface area contributed by atoms with Gasteiger partial charge in [-0.05, 0) is 20.0 Å². The van der Waals surface area contributed by atoms with Crippen molar-refractivity contribution >= 4 is 23.2 Å². The second-order valence-electron chi connectivity index (χ2n) is 4.06. The molecule has 1 N–H and O–H groups in total. The number of hydrogen-bond donors (Lipinski definition) is 1. The molecule has 5 nitrogen and oxygen atoms in total. The van der Waals surface area contributed by atoms with Gasteiger partial charge in [0.25, 0.3) is 0 Å². The van der Waals surface area contributed by atoms with Crippen molar-refractivity contribution in [2.24, 2.45) is 0 Å². The minimum atomic E-state index is -0.0285. The summed E-state index contributed by atoms with van der Waals surface area (Å²) in [6, 6.07) is 1.67. The van der Waals surface area contributed by atoms with E-state index in [0.717, 1.165) is 18.1 Å². The van der Waals surface area contributed by atoms with Gasteiger partial charge >= 0.3 is 0 Å². The summed E-state index contributed by atoms with van der Waals surface area (Å²) in [6.45, 7) is 2.81. The minimum Gasteiger partial charge on any atom is -0.311 e. The first-order valence-corrected chi connectivity index (χ1v) is 6.76. The fourth-order valence-corrected chi connectivity index (χ4v) is 2.42. The van der Waals surface area contributed by atoms with Gasteiger partial charge in [0.05, 0.1) is 21.8 Å². The summed E-state index contributed by atoms with van der Waals surface area (Å²) in [6.07, 6.45) is 3.82. The Labute approximate surface area is 122 Å². The normalized spacial score (nSPS) is 12.6. The standard InChI is InChI=1S/C12H15Cl2N5/c1-3-19-11(17-7-18-19)5-10(15-2)12-9(14)4-8(13)6-16-12/h4,6-7,10,15H,3,5H2,1-2H3. The lowest BCUT2D eigenvalue weighted by Gasteiger charge is -2.16. The van der Waals surface area contributed by atoms with Crippen LogP contribution in [0.3, 0.4) is 0 Å². The molecule has 0 spiro atoms. The molecule has 2 aromatic heterocycles. The van der Waals surface area contributed by atoms with Crippen LogP contribution in [0.1, 0.15) is 24.5 Å². The van der Waals surface area contributed by atoms with E-state index in [1.165, 1.54) is 0 Å². The summed E-state index contributed by atoms with van der Waals surface area (Å²) >= 11 is 12.0. The van der Waals surface area contributed by atoms with E-state index >= 15 is 0 Å². The van der Waals surface area contributed by atoms with Gasteiger partial charge in [0.2, 0.25) is 0 Å². The molecule has 0 saturated carbocycles. The van der Waals surface area contributed by atoms with Crippen molar-refractivity contribution < 1.29 is 0 Å². The van der Waals surface area contributed by atoms with E-state index in [1.807, 2.05) is 18.7 Å². The monoisotopic (exact) mass is 299 g/mol. The van der Waals surface area contributed by atoms with E-state index in [4.69, 9.17) is 23.2 Å². The first-order chi connectivity index (χ1) is 9.15. The predicted molar refractivity (Wildman–Crippen MR) is 75.5 cm³/mol. The molecule has 2 aromatic rings. The summed E-state index contributed by atoms with van der Waals surface area (Å²) in [4.78, 5) is 8.56. The summed E-state index contributed by atoms with van der Waals surface area (Å²) in [5, 5.41) is 8.43. The van der Waals surface area contributed by atoms with E-state index in [0.29, 0.717) is 16.5 Å². The van der Waals surface area contributed by atoms with Crippen molar-refractivity contribution in [1.29, 1.82) is 0 Å². The molecule has 1 unspecified atom stereocenters. The first-order valence-electron chi connectivity index (χ1n) is 6.00. The van der Waals surface area contributed by atoms with Crippen LogP contribution in [0.2, 0.25) is 10.0 Å². The van der Waals surface area contributed by atoms with Crippen molar-refractivity contribution in [2.75, 3.05) is 7.05 Å². The van der Waals surface area contributed by atoms with Crippen LogP contribution in [-0.2, 0) is 13.0 Å². The molecule has 102 valence electrons. The Morgan fingerprint density at radius 1 is 1.37 bits per heavy atom. The zero-order valence-electron chi connectivity index (χ0n) is 10.8. The van der Waals surface area contributed by atoms with Crippen LogP contribution in [0.25, 0.3) is 0 Å². The minimum absolute atomic E-state index is 0.0285. The number of likely N-dealkylation sites (N-methyl/N-ethyl adjacent to an activating group) is 1. The average molecular weight is 300 g/mol. The quantitative estimate of drug-likeness (QED) is 0.922. The third kappa shape index (κ3) is 3.23. The Bertz CT molecular complexity index is 555. The lowest BCUT2D eigenvalue weighted by atomic mass is 10.1. The molecule has 0 fully saturated rings. The molecule has 0 aliphatic rings. The molecule has 0 aromatic carbocycles. The molecule has 7 heteroatoms. The molecule has 0 aliphatic heterocycles. The van der Waals surface area contributed by atoms with Gasteiger partial charge in [-0.1, -0.05) is 23.2 Å². The lowest BCUT2D eigenvalue weighted by Crippen LogP contribution is -2.22. The number of pyridine rings is 1. The predicted octanol–water partition coefficient (Wildman–Crippen LogP) is 2.50. The molecular formula is C12H15Cl2N5. The fraction of sp³-hybridized carbons (Fsp3) is 0.417. The molecule has 0 amide bonds. The van der Waals surface area contributed by atoms with Crippen molar-refractivity contribution in [3.05, 3.63) is 40.2 Å². The Hall–Kier alpha value is -1.17. The Kier molecular flexibility index (Phi) is 4.74. The van der Waals surface area contributed by atoms with Gasteiger partial charge in [0, 0.05) is 19.2 Å². The van der Waals surface area contributed by atoms with Crippen LogP contribution in [0.5, 0.6) is 0 Å². The van der Waals surface area contributed by atoms with Gasteiger partial charge in [-0.25, -0.2) is 4.98 Å². The number of aromatic nitrogens is 4. The van der Waals surface area contributed by atoms with E-state index < -0.39 is 0 Å². The molecule has 19 heavy (non-hydrogen) atoms. The van der Waals surface area contributed by atoms with Crippen LogP contribution in [-0.4, -0.2) is 26.8 Å². The number of nitrogens with zero attached hydrogens (tertiary/aromatic N) is 4. The maximum atomic E-state index is 6.19. The Morgan fingerprint density at radius 2 is 2.16 bits per heavy atom. The molecule has 0 radical (unpaired) electrons. The van der Waals surface area contributed by atoms with Gasteiger partial charge in [0.1, 0.15) is 12.2 Å². The van der Waals surface area contributed by atoms with E-state index in [2.05, 4.69) is 20.4 Å². The zero-order chi connectivity index (χ0) is 13.8. The molecule has 0 bridgehead atoms. The average Bonchev–Trinajstić information content (AvgIpc) is 2.84. The third-order valence-corrected chi connectivity index (χ3v) is 3.41. The molecule has 0 saturated heterocycles. The van der Waals surface area contributed by atoms with E-state index in [1.54, 1.807) is 18.6 Å². The third-order valence-electron chi connectivity index (χ3n) is 2.90. The Balaban J connectivity index is 2.25. The number of halogens is 2. The number of hydrogen-bond acceptors (Lipinski definition) is 4. The van der Waals surface area contributed by atoms with Crippen LogP contribution in [0.15, 0.2) is 18.6 Å². The summed E-state index contributed by atoms with van der Waals surface area (Å²) in [7, 11) is 1.87. The van der Waals surface area contributed by atoms with Crippen LogP contribution < -0.4 is 5.32 Å². The van der Waals surface area contributed by atoms with Crippen LogP contribution in [0, 0.1) is 0 Å². The highest BCUT2D eigenvalue weighted by atomic mass is 35.5. The highest BCUT2D eigenvalue weighted by molar-refractivity contribution is 6.34. The maximum Gasteiger partial charge on any atom is 0.138 e. The molecular weight excluding hydrogens is 285 g/mol. The largest absolute Gasteiger partial charge is 0.311 e.